The fourth-order valence-electron chi connectivity index (χ4n) is 0.801. The zero-order valence-electron chi connectivity index (χ0n) is 7.64. The molecule has 2 atom stereocenters. The minimum absolute atomic E-state index is 0.207. The Kier molecular flexibility index (Phi) is 4.56. The molecular formula is C6H15N2O4P. The molecule has 0 saturated carbocycles. The number of carbonyl (C=O) groups is 1. The second kappa shape index (κ2) is 4.72. The highest BCUT2D eigenvalue weighted by Gasteiger charge is 2.23. The molecule has 0 saturated heterocycles. The van der Waals surface area contributed by atoms with Crippen molar-refractivity contribution in [3.63, 3.8) is 0 Å². The average molecular weight is 210 g/mol. The van der Waals surface area contributed by atoms with Gasteiger partial charge in [-0.25, -0.2) is 14.9 Å². The largest absolute Gasteiger partial charge is 0.455 e. The molecule has 5 N–H and O–H groups in total. The van der Waals surface area contributed by atoms with Crippen LogP contribution in [0.3, 0.4) is 0 Å². The normalized spacial score (nSPS) is 18.0. The van der Waals surface area contributed by atoms with Gasteiger partial charge in [0.25, 0.3) is 0 Å². The van der Waals surface area contributed by atoms with Gasteiger partial charge in [-0.1, -0.05) is 13.8 Å². The highest BCUT2D eigenvalue weighted by molar-refractivity contribution is 7.50. The Balaban J connectivity index is 4.05. The van der Waals surface area contributed by atoms with E-state index in [1.807, 2.05) is 13.8 Å². The smallest absolute Gasteiger partial charge is 0.379 e. The SMILES string of the molecule is CC(C)C[C@@H](N)C(=O)OP(N)(=O)O. The molecule has 0 aliphatic heterocycles. The number of nitrogens with two attached hydrogens (primary N) is 2. The molecule has 0 aromatic rings. The van der Waals surface area contributed by atoms with Gasteiger partial charge in [-0.3, -0.25) is 0 Å². The van der Waals surface area contributed by atoms with Crippen LogP contribution >= 0.6 is 7.75 Å². The molecule has 0 radical (unpaired) electrons. The van der Waals surface area contributed by atoms with Crippen LogP contribution < -0.4 is 11.2 Å². The van der Waals surface area contributed by atoms with Crippen LogP contribution in [0.2, 0.25) is 0 Å². The summed E-state index contributed by atoms with van der Waals surface area (Å²) in [4.78, 5) is 19.4. The molecule has 13 heavy (non-hydrogen) atoms. The molecule has 7 heteroatoms. The zero-order chi connectivity index (χ0) is 10.6. The van der Waals surface area contributed by atoms with Gasteiger partial charge in [0, 0.05) is 0 Å². The van der Waals surface area contributed by atoms with E-state index in [0.29, 0.717) is 6.42 Å². The van der Waals surface area contributed by atoms with Gasteiger partial charge in [0.05, 0.1) is 0 Å². The van der Waals surface area contributed by atoms with E-state index in [1.54, 1.807) is 0 Å². The molecule has 1 unspecified atom stereocenters. The van der Waals surface area contributed by atoms with Crippen molar-refractivity contribution in [3.05, 3.63) is 0 Å². The van der Waals surface area contributed by atoms with Gasteiger partial charge >= 0.3 is 13.7 Å². The van der Waals surface area contributed by atoms with E-state index in [1.165, 1.54) is 0 Å². The first-order valence-electron chi connectivity index (χ1n) is 3.82. The molecule has 0 bridgehead atoms. The molecule has 0 aliphatic carbocycles. The lowest BCUT2D eigenvalue weighted by molar-refractivity contribution is -0.136. The Bertz CT molecular complexity index is 225. The molecule has 0 aromatic heterocycles. The summed E-state index contributed by atoms with van der Waals surface area (Å²) in [6.07, 6.45) is 0.388. The summed E-state index contributed by atoms with van der Waals surface area (Å²) in [5.41, 5.74) is 9.98. The highest BCUT2D eigenvalue weighted by Crippen LogP contribution is 2.31. The number of hydrogen-bond acceptors (Lipinski definition) is 4. The van der Waals surface area contributed by atoms with Crippen LogP contribution in [-0.4, -0.2) is 16.9 Å². The number of carbonyl (C=O) groups excluding carboxylic acids is 1. The van der Waals surface area contributed by atoms with Gasteiger partial charge in [-0.2, -0.15) is 0 Å². The third-order valence-electron chi connectivity index (χ3n) is 1.25. The predicted octanol–water partition coefficient (Wildman–Crippen LogP) is -0.0379. The first kappa shape index (κ1) is 12.6. The first-order chi connectivity index (χ1) is 5.72. The topological polar surface area (TPSA) is 116 Å². The van der Waals surface area contributed by atoms with Crippen LogP contribution in [0, 0.1) is 5.92 Å². The number of rotatable bonds is 4. The summed E-state index contributed by atoms with van der Waals surface area (Å²) in [6.45, 7) is 3.74. The van der Waals surface area contributed by atoms with Crippen molar-refractivity contribution in [1.29, 1.82) is 0 Å². The van der Waals surface area contributed by atoms with E-state index in [2.05, 4.69) is 10.0 Å². The Morgan fingerprint density at radius 2 is 2.08 bits per heavy atom. The number of hydrogen-bond donors (Lipinski definition) is 3. The maximum atomic E-state index is 10.9. The second-order valence-electron chi connectivity index (χ2n) is 3.21. The third kappa shape index (κ3) is 6.72. The fourth-order valence-corrected chi connectivity index (χ4v) is 1.19. The van der Waals surface area contributed by atoms with E-state index in [9.17, 15) is 9.36 Å². The lowest BCUT2D eigenvalue weighted by Gasteiger charge is -2.13. The van der Waals surface area contributed by atoms with E-state index < -0.39 is 19.8 Å². The van der Waals surface area contributed by atoms with Crippen LogP contribution in [0.4, 0.5) is 0 Å². The monoisotopic (exact) mass is 210 g/mol. The maximum absolute atomic E-state index is 10.9. The highest BCUT2D eigenvalue weighted by atomic mass is 31.2. The van der Waals surface area contributed by atoms with E-state index in [-0.39, 0.29) is 5.92 Å². The van der Waals surface area contributed by atoms with E-state index in [4.69, 9.17) is 10.6 Å². The summed E-state index contributed by atoms with van der Waals surface area (Å²) in [7, 11) is -4.25. The molecule has 6 nitrogen and oxygen atoms in total. The van der Waals surface area contributed by atoms with Gasteiger partial charge in [-0.15, -0.1) is 0 Å². The molecule has 0 spiro atoms. The van der Waals surface area contributed by atoms with Crippen molar-refractivity contribution in [2.45, 2.75) is 26.3 Å². The van der Waals surface area contributed by atoms with Crippen LogP contribution in [0.5, 0.6) is 0 Å². The van der Waals surface area contributed by atoms with Crippen molar-refractivity contribution in [2.75, 3.05) is 0 Å². The molecule has 0 aromatic carbocycles. The van der Waals surface area contributed by atoms with Crippen molar-refractivity contribution >= 4 is 13.7 Å². The molecule has 0 aliphatic rings. The fraction of sp³-hybridized carbons (Fsp3) is 0.833. The molecule has 0 rings (SSSR count). The molecule has 0 amide bonds. The van der Waals surface area contributed by atoms with E-state index in [0.717, 1.165) is 0 Å². The molecule has 0 heterocycles. The molecular weight excluding hydrogens is 195 g/mol. The van der Waals surface area contributed by atoms with Gasteiger partial charge in [-0.05, 0) is 12.3 Å². The van der Waals surface area contributed by atoms with Crippen molar-refractivity contribution in [1.82, 2.24) is 0 Å². The minimum Gasteiger partial charge on any atom is -0.379 e. The van der Waals surface area contributed by atoms with Gasteiger partial charge in [0.1, 0.15) is 6.04 Å². The standard InChI is InChI=1S/C6H15N2O4P/c1-4(2)3-5(7)6(9)12-13(8,10)11/h4-5H,3,7H2,1-2H3,(H3,8,10,11)/t5-/m1/s1. The Morgan fingerprint density at radius 1 is 1.62 bits per heavy atom. The first-order valence-corrected chi connectivity index (χ1v) is 5.47. The van der Waals surface area contributed by atoms with Crippen LogP contribution in [-0.2, 0) is 13.9 Å². The van der Waals surface area contributed by atoms with Crippen molar-refractivity contribution < 1.29 is 18.8 Å². The summed E-state index contributed by atoms with van der Waals surface area (Å²) >= 11 is 0. The van der Waals surface area contributed by atoms with Crippen LogP contribution in [0.25, 0.3) is 0 Å². The average Bonchev–Trinajstić information content (AvgIpc) is 1.81. The Morgan fingerprint density at radius 3 is 2.38 bits per heavy atom. The van der Waals surface area contributed by atoms with Crippen molar-refractivity contribution in [3.8, 4) is 0 Å². The summed E-state index contributed by atoms with van der Waals surface area (Å²) in [5.74, 6) is -0.736. The minimum atomic E-state index is -4.25. The molecule has 0 fully saturated rings. The van der Waals surface area contributed by atoms with Crippen LogP contribution in [0.15, 0.2) is 0 Å². The zero-order valence-corrected chi connectivity index (χ0v) is 8.53. The summed E-state index contributed by atoms with van der Waals surface area (Å²) in [6, 6.07) is -0.899. The quantitative estimate of drug-likeness (QED) is 0.561. The Labute approximate surface area is 76.8 Å². The summed E-state index contributed by atoms with van der Waals surface area (Å²) in [5, 5.41) is 0. The molecule has 78 valence electrons. The van der Waals surface area contributed by atoms with Crippen LogP contribution in [0.1, 0.15) is 20.3 Å². The second-order valence-corrected chi connectivity index (χ2v) is 4.52. The van der Waals surface area contributed by atoms with E-state index >= 15 is 0 Å². The maximum Gasteiger partial charge on any atom is 0.455 e. The van der Waals surface area contributed by atoms with Gasteiger partial charge < -0.3 is 15.2 Å². The summed E-state index contributed by atoms with van der Waals surface area (Å²) < 4.78 is 14.5. The van der Waals surface area contributed by atoms with Crippen molar-refractivity contribution in [2.24, 2.45) is 17.2 Å². The third-order valence-corrected chi connectivity index (χ3v) is 1.69. The lowest BCUT2D eigenvalue weighted by Crippen LogP contribution is -2.33. The lowest BCUT2D eigenvalue weighted by atomic mass is 10.1. The predicted molar refractivity (Wildman–Crippen MR) is 47.5 cm³/mol. The van der Waals surface area contributed by atoms with Gasteiger partial charge in [0.15, 0.2) is 0 Å². The van der Waals surface area contributed by atoms with Gasteiger partial charge in [0.2, 0.25) is 0 Å². The Hall–Kier alpha value is -0.420.